The largest absolute Gasteiger partial charge is 0.343 e. The number of nitrogens with zero attached hydrogens (tertiary/aromatic N) is 5. The van der Waals surface area contributed by atoms with Gasteiger partial charge in [-0.3, -0.25) is 9.59 Å². The van der Waals surface area contributed by atoms with Crippen LogP contribution in [-0.2, 0) is 16.1 Å². The number of rotatable bonds is 6. The third kappa shape index (κ3) is 4.43. The van der Waals surface area contributed by atoms with Crippen molar-refractivity contribution in [3.8, 4) is 0 Å². The number of likely N-dealkylation sites (tertiary alicyclic amines) is 2. The summed E-state index contributed by atoms with van der Waals surface area (Å²) in [5.74, 6) is 2.67. The minimum absolute atomic E-state index is 0.0893. The van der Waals surface area contributed by atoms with E-state index in [0.29, 0.717) is 18.4 Å². The van der Waals surface area contributed by atoms with Gasteiger partial charge in [0.2, 0.25) is 11.8 Å². The SMILES string of the molecule is Cc1nc(C)n(C[C@@H](C)C(=O)N2CCC(CCN3CCCC3=O)CC2)n1. The summed E-state index contributed by atoms with van der Waals surface area (Å²) in [7, 11) is 0. The molecule has 144 valence electrons. The number of amides is 2. The molecule has 0 aliphatic carbocycles. The Hall–Kier alpha value is -1.92. The van der Waals surface area contributed by atoms with Crippen LogP contribution in [0.3, 0.4) is 0 Å². The summed E-state index contributed by atoms with van der Waals surface area (Å²) >= 11 is 0. The van der Waals surface area contributed by atoms with E-state index in [9.17, 15) is 9.59 Å². The number of aryl methyl sites for hydroxylation is 2. The smallest absolute Gasteiger partial charge is 0.227 e. The van der Waals surface area contributed by atoms with Crippen molar-refractivity contribution >= 4 is 11.8 Å². The predicted octanol–water partition coefficient (Wildman–Crippen LogP) is 1.78. The molecular weight excluding hydrogens is 330 g/mol. The molecule has 0 N–H and O–H groups in total. The molecule has 7 nitrogen and oxygen atoms in total. The van der Waals surface area contributed by atoms with Gasteiger partial charge in [0.1, 0.15) is 11.6 Å². The number of hydrogen-bond acceptors (Lipinski definition) is 4. The van der Waals surface area contributed by atoms with E-state index in [2.05, 4.69) is 10.1 Å². The summed E-state index contributed by atoms with van der Waals surface area (Å²) in [6, 6.07) is 0. The minimum Gasteiger partial charge on any atom is -0.343 e. The van der Waals surface area contributed by atoms with Crippen LogP contribution in [0.1, 0.15) is 50.7 Å². The van der Waals surface area contributed by atoms with Crippen molar-refractivity contribution in [1.29, 1.82) is 0 Å². The van der Waals surface area contributed by atoms with E-state index in [1.54, 1.807) is 0 Å². The van der Waals surface area contributed by atoms with Gasteiger partial charge in [0.15, 0.2) is 0 Å². The summed E-state index contributed by atoms with van der Waals surface area (Å²) in [6.45, 7) is 9.83. The third-order valence-electron chi connectivity index (χ3n) is 5.74. The minimum atomic E-state index is -0.0893. The molecule has 2 saturated heterocycles. The van der Waals surface area contributed by atoms with Crippen molar-refractivity contribution < 1.29 is 9.59 Å². The Kier molecular flexibility index (Phi) is 5.94. The predicted molar refractivity (Wildman–Crippen MR) is 98.4 cm³/mol. The van der Waals surface area contributed by atoms with Crippen LogP contribution in [0.25, 0.3) is 0 Å². The Morgan fingerprint density at radius 3 is 2.54 bits per heavy atom. The molecule has 2 amide bonds. The van der Waals surface area contributed by atoms with Crippen molar-refractivity contribution in [3.63, 3.8) is 0 Å². The maximum atomic E-state index is 12.7. The molecule has 1 aromatic heterocycles. The summed E-state index contributed by atoms with van der Waals surface area (Å²) in [6.07, 6.45) is 4.88. The van der Waals surface area contributed by atoms with Crippen LogP contribution in [-0.4, -0.2) is 62.6 Å². The van der Waals surface area contributed by atoms with Crippen LogP contribution < -0.4 is 0 Å². The molecule has 2 fully saturated rings. The Morgan fingerprint density at radius 1 is 1.23 bits per heavy atom. The van der Waals surface area contributed by atoms with Crippen molar-refractivity contribution in [2.45, 2.75) is 59.4 Å². The normalized spacial score (nSPS) is 20.0. The molecule has 1 aromatic rings. The first-order valence-corrected chi connectivity index (χ1v) is 9.88. The molecule has 26 heavy (non-hydrogen) atoms. The van der Waals surface area contributed by atoms with Crippen molar-refractivity contribution in [1.82, 2.24) is 24.6 Å². The second kappa shape index (κ2) is 8.18. The van der Waals surface area contributed by atoms with E-state index in [1.165, 1.54) is 0 Å². The fourth-order valence-corrected chi connectivity index (χ4v) is 4.10. The van der Waals surface area contributed by atoms with Crippen LogP contribution in [0.2, 0.25) is 0 Å². The standard InChI is InChI=1S/C19H31N5O2/c1-14(13-24-16(3)20-15(2)21-24)19(26)23-11-7-17(8-12-23)6-10-22-9-4-5-18(22)25/h14,17H,4-13H2,1-3H3/t14-/m1/s1. The summed E-state index contributed by atoms with van der Waals surface area (Å²) in [5, 5.41) is 4.36. The lowest BCUT2D eigenvalue weighted by molar-refractivity contribution is -0.137. The van der Waals surface area contributed by atoms with Gasteiger partial charge in [-0.05, 0) is 45.4 Å². The van der Waals surface area contributed by atoms with Crippen LogP contribution >= 0.6 is 0 Å². The molecule has 7 heteroatoms. The number of hydrogen-bond donors (Lipinski definition) is 0. The maximum Gasteiger partial charge on any atom is 0.227 e. The lowest BCUT2D eigenvalue weighted by atomic mass is 9.92. The van der Waals surface area contributed by atoms with Gasteiger partial charge in [0, 0.05) is 32.6 Å². The van der Waals surface area contributed by atoms with E-state index >= 15 is 0 Å². The molecule has 0 radical (unpaired) electrons. The molecule has 2 aliphatic rings. The molecule has 2 aliphatic heterocycles. The molecule has 3 rings (SSSR count). The first-order chi connectivity index (χ1) is 12.4. The van der Waals surface area contributed by atoms with E-state index in [4.69, 9.17) is 0 Å². The Balaban J connectivity index is 1.42. The molecule has 3 heterocycles. The highest BCUT2D eigenvalue weighted by Crippen LogP contribution is 2.23. The number of aromatic nitrogens is 3. The third-order valence-corrected chi connectivity index (χ3v) is 5.74. The average Bonchev–Trinajstić information content (AvgIpc) is 3.17. The van der Waals surface area contributed by atoms with Crippen LogP contribution in [0.4, 0.5) is 0 Å². The van der Waals surface area contributed by atoms with Gasteiger partial charge >= 0.3 is 0 Å². The Labute approximate surface area is 155 Å². The van der Waals surface area contributed by atoms with Gasteiger partial charge in [-0.2, -0.15) is 5.10 Å². The highest BCUT2D eigenvalue weighted by Gasteiger charge is 2.28. The Bertz CT molecular complexity index is 648. The van der Waals surface area contributed by atoms with Gasteiger partial charge in [-0.25, -0.2) is 9.67 Å². The molecule has 0 aromatic carbocycles. The fraction of sp³-hybridized carbons (Fsp3) is 0.789. The number of carbonyl (C=O) groups excluding carboxylic acids is 2. The summed E-state index contributed by atoms with van der Waals surface area (Å²) in [5.41, 5.74) is 0. The highest BCUT2D eigenvalue weighted by molar-refractivity contribution is 5.78. The highest BCUT2D eigenvalue weighted by atomic mass is 16.2. The van der Waals surface area contributed by atoms with E-state index < -0.39 is 0 Å². The van der Waals surface area contributed by atoms with Gasteiger partial charge < -0.3 is 9.80 Å². The first kappa shape index (κ1) is 18.9. The van der Waals surface area contributed by atoms with Crippen LogP contribution in [0.15, 0.2) is 0 Å². The molecule has 0 spiro atoms. The van der Waals surface area contributed by atoms with Crippen molar-refractivity contribution in [2.75, 3.05) is 26.2 Å². The number of carbonyl (C=O) groups is 2. The van der Waals surface area contributed by atoms with Gasteiger partial charge in [0.25, 0.3) is 0 Å². The van der Waals surface area contributed by atoms with Crippen molar-refractivity contribution in [2.24, 2.45) is 11.8 Å². The second-order valence-corrected chi connectivity index (χ2v) is 7.83. The van der Waals surface area contributed by atoms with Crippen molar-refractivity contribution in [3.05, 3.63) is 11.6 Å². The van der Waals surface area contributed by atoms with Gasteiger partial charge in [-0.15, -0.1) is 0 Å². The second-order valence-electron chi connectivity index (χ2n) is 7.83. The zero-order chi connectivity index (χ0) is 18.7. The fourth-order valence-electron chi connectivity index (χ4n) is 4.10. The quantitative estimate of drug-likeness (QED) is 0.774. The molecule has 0 saturated carbocycles. The average molecular weight is 361 g/mol. The lowest BCUT2D eigenvalue weighted by Gasteiger charge is -2.34. The molecular formula is C19H31N5O2. The van der Waals surface area contributed by atoms with Crippen LogP contribution in [0.5, 0.6) is 0 Å². The lowest BCUT2D eigenvalue weighted by Crippen LogP contribution is -2.42. The molecule has 1 atom stereocenters. The topological polar surface area (TPSA) is 71.3 Å². The monoisotopic (exact) mass is 361 g/mol. The maximum absolute atomic E-state index is 12.7. The zero-order valence-corrected chi connectivity index (χ0v) is 16.3. The Morgan fingerprint density at radius 2 is 1.96 bits per heavy atom. The molecule has 0 bridgehead atoms. The summed E-state index contributed by atoms with van der Waals surface area (Å²) < 4.78 is 1.83. The van der Waals surface area contributed by atoms with E-state index in [-0.39, 0.29) is 11.8 Å². The van der Waals surface area contributed by atoms with E-state index in [1.807, 2.05) is 35.3 Å². The van der Waals surface area contributed by atoms with Crippen LogP contribution in [0, 0.1) is 25.7 Å². The summed E-state index contributed by atoms with van der Waals surface area (Å²) in [4.78, 5) is 32.8. The first-order valence-electron chi connectivity index (χ1n) is 9.88. The van der Waals surface area contributed by atoms with E-state index in [0.717, 1.165) is 69.9 Å². The number of piperidine rings is 1. The molecule has 0 unspecified atom stereocenters. The van der Waals surface area contributed by atoms with Gasteiger partial charge in [0.05, 0.1) is 12.5 Å². The zero-order valence-electron chi connectivity index (χ0n) is 16.3. The van der Waals surface area contributed by atoms with Gasteiger partial charge in [-0.1, -0.05) is 6.92 Å².